The largest absolute Gasteiger partial charge is 0.506 e. The van der Waals surface area contributed by atoms with Crippen LogP contribution in [0.15, 0.2) is 56.6 Å². The lowest BCUT2D eigenvalue weighted by Crippen LogP contribution is -2.21. The summed E-state index contributed by atoms with van der Waals surface area (Å²) in [5.74, 6) is -1.54. The van der Waals surface area contributed by atoms with Gasteiger partial charge in [-0.1, -0.05) is 0 Å². The molecule has 0 spiro atoms. The lowest BCUT2D eigenvalue weighted by atomic mass is 10.1. The van der Waals surface area contributed by atoms with Crippen LogP contribution in [0.1, 0.15) is 15.9 Å². The fourth-order valence-electron chi connectivity index (χ4n) is 2.43. The number of anilines is 1. The molecule has 2 N–H and O–H groups in total. The van der Waals surface area contributed by atoms with Crippen LogP contribution in [0.5, 0.6) is 5.75 Å². The van der Waals surface area contributed by atoms with Crippen LogP contribution in [0, 0.1) is 0 Å². The SMILES string of the molecule is CSc1ccc2oc(=O)c(C(=O)Nc3ccc(C(F)(F)F)cc3)c(O)c2c1. The average molecular weight is 395 g/mol. The lowest BCUT2D eigenvalue weighted by molar-refractivity contribution is -0.137. The molecule has 140 valence electrons. The monoisotopic (exact) mass is 395 g/mol. The van der Waals surface area contributed by atoms with E-state index in [1.807, 2.05) is 6.26 Å². The summed E-state index contributed by atoms with van der Waals surface area (Å²) in [7, 11) is 0. The van der Waals surface area contributed by atoms with Crippen molar-refractivity contribution in [2.45, 2.75) is 11.1 Å². The maximum atomic E-state index is 12.6. The van der Waals surface area contributed by atoms with Crippen molar-refractivity contribution in [2.24, 2.45) is 0 Å². The van der Waals surface area contributed by atoms with Gasteiger partial charge in [-0.15, -0.1) is 11.8 Å². The maximum absolute atomic E-state index is 12.6. The number of carbonyl (C=O) groups excluding carboxylic acids is 1. The molecule has 0 fully saturated rings. The number of alkyl halides is 3. The Balaban J connectivity index is 1.97. The van der Waals surface area contributed by atoms with Crippen LogP contribution in [-0.2, 0) is 6.18 Å². The third kappa shape index (κ3) is 3.77. The first-order chi connectivity index (χ1) is 12.7. The van der Waals surface area contributed by atoms with Crippen molar-refractivity contribution in [3.8, 4) is 5.75 Å². The smallest absolute Gasteiger partial charge is 0.416 e. The number of halogens is 3. The topological polar surface area (TPSA) is 79.5 Å². The minimum Gasteiger partial charge on any atom is -0.506 e. The van der Waals surface area contributed by atoms with Gasteiger partial charge in [0.1, 0.15) is 11.3 Å². The van der Waals surface area contributed by atoms with E-state index in [2.05, 4.69) is 5.32 Å². The molecule has 1 aromatic heterocycles. The number of carbonyl (C=O) groups is 1. The Morgan fingerprint density at radius 1 is 1.15 bits per heavy atom. The van der Waals surface area contributed by atoms with E-state index in [0.29, 0.717) is 0 Å². The van der Waals surface area contributed by atoms with Gasteiger partial charge >= 0.3 is 11.8 Å². The van der Waals surface area contributed by atoms with Crippen LogP contribution in [0.2, 0.25) is 0 Å². The van der Waals surface area contributed by atoms with Crippen molar-refractivity contribution in [1.29, 1.82) is 0 Å². The summed E-state index contributed by atoms with van der Waals surface area (Å²) in [5.41, 5.74) is -2.41. The van der Waals surface area contributed by atoms with Crippen LogP contribution in [-0.4, -0.2) is 17.3 Å². The summed E-state index contributed by atoms with van der Waals surface area (Å²) in [4.78, 5) is 25.2. The van der Waals surface area contributed by atoms with E-state index in [0.717, 1.165) is 29.2 Å². The van der Waals surface area contributed by atoms with Crippen molar-refractivity contribution >= 4 is 34.3 Å². The summed E-state index contributed by atoms with van der Waals surface area (Å²) in [6.45, 7) is 0. The Bertz CT molecular complexity index is 1070. The lowest BCUT2D eigenvalue weighted by Gasteiger charge is -2.10. The molecule has 0 atom stereocenters. The molecule has 2 aromatic carbocycles. The fourth-order valence-corrected chi connectivity index (χ4v) is 2.87. The summed E-state index contributed by atoms with van der Waals surface area (Å²) >= 11 is 1.39. The van der Waals surface area contributed by atoms with Gasteiger partial charge < -0.3 is 14.8 Å². The first-order valence-corrected chi connectivity index (χ1v) is 8.75. The number of aromatic hydroxyl groups is 1. The molecule has 27 heavy (non-hydrogen) atoms. The van der Waals surface area contributed by atoms with E-state index in [-0.39, 0.29) is 16.7 Å². The molecule has 0 radical (unpaired) electrons. The summed E-state index contributed by atoms with van der Waals surface area (Å²) in [6.07, 6.45) is -2.69. The van der Waals surface area contributed by atoms with Gasteiger partial charge in [0.25, 0.3) is 5.91 Å². The molecule has 0 aliphatic rings. The first kappa shape index (κ1) is 18.8. The van der Waals surface area contributed by atoms with Crippen molar-refractivity contribution in [2.75, 3.05) is 11.6 Å². The number of rotatable bonds is 3. The van der Waals surface area contributed by atoms with Crippen molar-refractivity contribution in [3.63, 3.8) is 0 Å². The highest BCUT2D eigenvalue weighted by molar-refractivity contribution is 7.98. The van der Waals surface area contributed by atoms with E-state index in [9.17, 15) is 27.9 Å². The molecule has 9 heteroatoms. The number of thioether (sulfide) groups is 1. The van der Waals surface area contributed by atoms with E-state index < -0.39 is 34.6 Å². The second kappa shape index (κ2) is 6.99. The highest BCUT2D eigenvalue weighted by Crippen LogP contribution is 2.31. The quantitative estimate of drug-likeness (QED) is 0.505. The van der Waals surface area contributed by atoms with Crippen molar-refractivity contribution < 1.29 is 27.5 Å². The Morgan fingerprint density at radius 2 is 1.81 bits per heavy atom. The summed E-state index contributed by atoms with van der Waals surface area (Å²) < 4.78 is 42.8. The molecule has 5 nitrogen and oxygen atoms in total. The molecular formula is C18H12F3NO4S. The van der Waals surface area contributed by atoms with E-state index in [1.54, 1.807) is 12.1 Å². The minimum absolute atomic E-state index is 0.0322. The number of hydrogen-bond donors (Lipinski definition) is 2. The van der Waals surface area contributed by atoms with E-state index in [1.165, 1.54) is 17.8 Å². The van der Waals surface area contributed by atoms with Gasteiger partial charge in [-0.05, 0) is 48.7 Å². The summed E-state index contributed by atoms with van der Waals surface area (Å²) in [6, 6.07) is 8.44. The third-order valence-corrected chi connectivity index (χ3v) is 4.51. The van der Waals surface area contributed by atoms with Gasteiger partial charge in [0.2, 0.25) is 0 Å². The maximum Gasteiger partial charge on any atom is 0.416 e. The fraction of sp³-hybridized carbons (Fsp3) is 0.111. The molecular weight excluding hydrogens is 383 g/mol. The van der Waals surface area contributed by atoms with E-state index in [4.69, 9.17) is 4.42 Å². The van der Waals surface area contributed by atoms with Gasteiger partial charge in [-0.2, -0.15) is 13.2 Å². The van der Waals surface area contributed by atoms with Gasteiger partial charge in [-0.25, -0.2) is 4.79 Å². The molecule has 0 aliphatic carbocycles. The Kier molecular flexibility index (Phi) is 4.88. The number of benzene rings is 2. The third-order valence-electron chi connectivity index (χ3n) is 3.78. The highest BCUT2D eigenvalue weighted by Gasteiger charge is 2.30. The highest BCUT2D eigenvalue weighted by atomic mass is 32.2. The van der Waals surface area contributed by atoms with Gasteiger partial charge in [0, 0.05) is 10.6 Å². The zero-order valence-corrected chi connectivity index (χ0v) is 14.6. The molecule has 0 saturated carbocycles. The molecule has 3 rings (SSSR count). The second-order valence-electron chi connectivity index (χ2n) is 5.50. The standard InChI is InChI=1S/C18H12F3NO4S/c1-27-11-6-7-13-12(8-11)15(23)14(17(25)26-13)16(24)22-10-4-2-9(3-5-10)18(19,20)21/h2-8,23H,1H3,(H,22,24). The molecule has 3 aromatic rings. The Hall–Kier alpha value is -2.94. The molecule has 0 saturated heterocycles. The van der Waals surface area contributed by atoms with Crippen LogP contribution in [0.4, 0.5) is 18.9 Å². The molecule has 0 bridgehead atoms. The number of hydrogen-bond acceptors (Lipinski definition) is 5. The Morgan fingerprint density at radius 3 is 2.41 bits per heavy atom. The van der Waals surface area contributed by atoms with Gasteiger partial charge in [0.15, 0.2) is 5.56 Å². The number of fused-ring (bicyclic) bond motifs is 1. The first-order valence-electron chi connectivity index (χ1n) is 7.53. The molecule has 1 heterocycles. The zero-order chi connectivity index (χ0) is 19.8. The minimum atomic E-state index is -4.50. The second-order valence-corrected chi connectivity index (χ2v) is 6.38. The predicted octanol–water partition coefficient (Wildman–Crippen LogP) is 4.49. The van der Waals surface area contributed by atoms with Crippen LogP contribution in [0.3, 0.4) is 0 Å². The van der Waals surface area contributed by atoms with Crippen LogP contribution in [0.25, 0.3) is 11.0 Å². The van der Waals surface area contributed by atoms with Crippen LogP contribution < -0.4 is 10.9 Å². The van der Waals surface area contributed by atoms with Crippen LogP contribution >= 0.6 is 11.8 Å². The van der Waals surface area contributed by atoms with Gasteiger partial charge in [-0.3, -0.25) is 4.79 Å². The van der Waals surface area contributed by atoms with E-state index >= 15 is 0 Å². The zero-order valence-electron chi connectivity index (χ0n) is 13.8. The number of nitrogens with one attached hydrogen (secondary N) is 1. The molecule has 0 aliphatic heterocycles. The average Bonchev–Trinajstić information content (AvgIpc) is 2.61. The normalized spacial score (nSPS) is 11.6. The number of amides is 1. The Labute approximate surface area is 154 Å². The van der Waals surface area contributed by atoms with Crippen molar-refractivity contribution in [3.05, 3.63) is 64.0 Å². The molecule has 1 amide bonds. The summed E-state index contributed by atoms with van der Waals surface area (Å²) in [5, 5.41) is 12.8. The van der Waals surface area contributed by atoms with Crippen molar-refractivity contribution in [1.82, 2.24) is 0 Å². The predicted molar refractivity (Wildman–Crippen MR) is 95.3 cm³/mol. The molecule has 0 unspecified atom stereocenters. The van der Waals surface area contributed by atoms with Gasteiger partial charge in [0.05, 0.1) is 10.9 Å².